The van der Waals surface area contributed by atoms with Gasteiger partial charge in [0.15, 0.2) is 5.82 Å². The van der Waals surface area contributed by atoms with Crippen molar-refractivity contribution in [2.45, 2.75) is 19.4 Å². The summed E-state index contributed by atoms with van der Waals surface area (Å²) in [6.07, 6.45) is 2.64. The monoisotopic (exact) mass is 395 g/mol. The normalized spacial score (nSPS) is 11.7. The van der Waals surface area contributed by atoms with Crippen LogP contribution in [-0.2, 0) is 4.79 Å². The second kappa shape index (κ2) is 8.48. The van der Waals surface area contributed by atoms with Crippen molar-refractivity contribution in [2.75, 3.05) is 17.4 Å². The molecule has 0 aliphatic heterocycles. The van der Waals surface area contributed by atoms with E-state index in [2.05, 4.69) is 20.3 Å². The number of hydrazine groups is 1. The molecule has 1 amide bonds. The van der Waals surface area contributed by atoms with Crippen molar-refractivity contribution in [1.29, 1.82) is 0 Å². The third-order valence-electron chi connectivity index (χ3n) is 4.31. The number of anilines is 3. The predicted molar refractivity (Wildman–Crippen MR) is 109 cm³/mol. The Morgan fingerprint density at radius 3 is 2.83 bits per heavy atom. The minimum Gasteiger partial charge on any atom is -0.480 e. The standard InChI is InChI=1S/C19H21N7O3/c1-11(7-9-27)26(21)19-24-17(15(16(20)28)18(25-19)29-2)23-13-5-6-14-12(10-13)4-3-8-22-14/h3-6,8-11H,7,21H2,1-2H3,(H2,20,28)(H,23,24,25)/t11-/m1/s1. The minimum atomic E-state index is -0.761. The lowest BCUT2D eigenvalue weighted by Gasteiger charge is -2.24. The fraction of sp³-hybridized carbons (Fsp3) is 0.211. The predicted octanol–water partition coefficient (Wildman–Crippen LogP) is 1.53. The van der Waals surface area contributed by atoms with Crippen LogP contribution in [0.4, 0.5) is 17.5 Å². The molecule has 0 fully saturated rings. The molecule has 5 N–H and O–H groups in total. The van der Waals surface area contributed by atoms with Crippen LogP contribution in [0.25, 0.3) is 10.9 Å². The van der Waals surface area contributed by atoms with E-state index in [9.17, 15) is 9.59 Å². The van der Waals surface area contributed by atoms with Gasteiger partial charge in [-0.3, -0.25) is 14.8 Å². The number of aldehydes is 1. The first-order chi connectivity index (χ1) is 13.9. The highest BCUT2D eigenvalue weighted by Crippen LogP contribution is 2.29. The number of pyridine rings is 1. The molecule has 2 heterocycles. The Morgan fingerprint density at radius 1 is 1.34 bits per heavy atom. The number of carbonyl (C=O) groups is 2. The Kier molecular flexibility index (Phi) is 5.84. The van der Waals surface area contributed by atoms with Gasteiger partial charge in [0, 0.05) is 23.7 Å². The van der Waals surface area contributed by atoms with Gasteiger partial charge in [-0.25, -0.2) is 5.84 Å². The highest BCUT2D eigenvalue weighted by atomic mass is 16.5. The molecular formula is C19H21N7O3. The van der Waals surface area contributed by atoms with Crippen LogP contribution in [0.1, 0.15) is 23.7 Å². The van der Waals surface area contributed by atoms with E-state index in [0.717, 1.165) is 17.2 Å². The lowest BCUT2D eigenvalue weighted by Crippen LogP contribution is -2.41. The molecule has 0 spiro atoms. The number of benzene rings is 1. The maximum absolute atomic E-state index is 12.0. The number of fused-ring (bicyclic) bond motifs is 1. The summed E-state index contributed by atoms with van der Waals surface area (Å²) in [5.41, 5.74) is 6.99. The molecule has 0 saturated heterocycles. The van der Waals surface area contributed by atoms with Gasteiger partial charge >= 0.3 is 0 Å². The number of aromatic nitrogens is 3. The first-order valence-corrected chi connectivity index (χ1v) is 8.79. The lowest BCUT2D eigenvalue weighted by molar-refractivity contribution is -0.108. The maximum Gasteiger partial charge on any atom is 0.258 e. The molecule has 0 bridgehead atoms. The van der Waals surface area contributed by atoms with E-state index in [1.165, 1.54) is 12.1 Å². The largest absolute Gasteiger partial charge is 0.480 e. The second-order valence-electron chi connectivity index (χ2n) is 6.32. The van der Waals surface area contributed by atoms with E-state index in [4.69, 9.17) is 16.3 Å². The number of hydrogen-bond acceptors (Lipinski definition) is 9. The van der Waals surface area contributed by atoms with Crippen molar-refractivity contribution in [3.8, 4) is 5.88 Å². The smallest absolute Gasteiger partial charge is 0.258 e. The molecule has 10 heteroatoms. The highest BCUT2D eigenvalue weighted by Gasteiger charge is 2.23. The summed E-state index contributed by atoms with van der Waals surface area (Å²) in [4.78, 5) is 35.6. The molecule has 2 aromatic heterocycles. The van der Waals surface area contributed by atoms with Crippen LogP contribution in [0.3, 0.4) is 0 Å². The van der Waals surface area contributed by atoms with E-state index in [-0.39, 0.29) is 35.7 Å². The van der Waals surface area contributed by atoms with Gasteiger partial charge in [-0.05, 0) is 31.2 Å². The molecule has 1 atom stereocenters. The Labute approximate surface area is 166 Å². The molecule has 0 radical (unpaired) electrons. The van der Waals surface area contributed by atoms with Crippen LogP contribution in [0.15, 0.2) is 36.5 Å². The highest BCUT2D eigenvalue weighted by molar-refractivity contribution is 6.01. The number of amides is 1. The number of ether oxygens (including phenoxy) is 1. The van der Waals surface area contributed by atoms with Crippen LogP contribution in [-0.4, -0.2) is 40.3 Å². The number of primary amides is 1. The quantitative estimate of drug-likeness (QED) is 0.293. The molecule has 0 aliphatic rings. The van der Waals surface area contributed by atoms with Crippen LogP contribution in [0.5, 0.6) is 5.88 Å². The molecule has 3 aromatic rings. The average molecular weight is 395 g/mol. The van der Waals surface area contributed by atoms with Gasteiger partial charge in [0.05, 0.1) is 18.7 Å². The van der Waals surface area contributed by atoms with Crippen molar-refractivity contribution in [3.05, 3.63) is 42.1 Å². The fourth-order valence-corrected chi connectivity index (χ4v) is 2.74. The Balaban J connectivity index is 2.07. The summed E-state index contributed by atoms with van der Waals surface area (Å²) in [7, 11) is 1.36. The Bertz CT molecular complexity index is 1060. The van der Waals surface area contributed by atoms with Gasteiger partial charge in [0.2, 0.25) is 11.8 Å². The van der Waals surface area contributed by atoms with Crippen molar-refractivity contribution in [3.63, 3.8) is 0 Å². The molecule has 1 aromatic carbocycles. The van der Waals surface area contributed by atoms with Crippen LogP contribution in [0.2, 0.25) is 0 Å². The van der Waals surface area contributed by atoms with E-state index in [0.29, 0.717) is 5.69 Å². The molecule has 0 unspecified atom stereocenters. The fourth-order valence-electron chi connectivity index (χ4n) is 2.74. The zero-order valence-corrected chi connectivity index (χ0v) is 16.0. The third kappa shape index (κ3) is 4.22. The van der Waals surface area contributed by atoms with E-state index >= 15 is 0 Å². The summed E-state index contributed by atoms with van der Waals surface area (Å²) in [6.45, 7) is 1.75. The van der Waals surface area contributed by atoms with Crippen LogP contribution < -0.4 is 26.6 Å². The lowest BCUT2D eigenvalue weighted by atomic mass is 10.2. The van der Waals surface area contributed by atoms with Crippen molar-refractivity contribution in [2.24, 2.45) is 11.6 Å². The molecule has 10 nitrogen and oxygen atoms in total. The average Bonchev–Trinajstić information content (AvgIpc) is 2.72. The van der Waals surface area contributed by atoms with Crippen LogP contribution in [0, 0.1) is 0 Å². The number of methoxy groups -OCH3 is 1. The molecule has 29 heavy (non-hydrogen) atoms. The molecule has 150 valence electrons. The van der Waals surface area contributed by atoms with Gasteiger partial charge in [0.25, 0.3) is 5.91 Å². The topological polar surface area (TPSA) is 149 Å². The Morgan fingerprint density at radius 2 is 2.14 bits per heavy atom. The summed E-state index contributed by atoms with van der Waals surface area (Å²) in [5, 5.41) is 5.21. The summed E-state index contributed by atoms with van der Waals surface area (Å²) < 4.78 is 5.23. The number of nitrogens with one attached hydrogen (secondary N) is 1. The summed E-state index contributed by atoms with van der Waals surface area (Å²) in [6, 6.07) is 8.86. The van der Waals surface area contributed by atoms with E-state index in [1.807, 2.05) is 24.3 Å². The van der Waals surface area contributed by atoms with Gasteiger partial charge in [0.1, 0.15) is 11.8 Å². The van der Waals surface area contributed by atoms with Gasteiger partial charge in [-0.2, -0.15) is 9.97 Å². The third-order valence-corrected chi connectivity index (χ3v) is 4.31. The molecule has 0 saturated carbocycles. The number of nitrogens with two attached hydrogens (primary N) is 2. The van der Waals surface area contributed by atoms with Crippen molar-refractivity contribution in [1.82, 2.24) is 15.0 Å². The maximum atomic E-state index is 12.0. The number of rotatable bonds is 8. The molecule has 3 rings (SSSR count). The summed E-state index contributed by atoms with van der Waals surface area (Å²) >= 11 is 0. The number of nitrogens with zero attached hydrogens (tertiary/aromatic N) is 4. The Hall–Kier alpha value is -3.79. The zero-order chi connectivity index (χ0) is 21.0. The minimum absolute atomic E-state index is 0.0148. The SMILES string of the molecule is COc1nc(N(N)[C@H](C)CC=O)nc(Nc2ccc3ncccc3c2)c1C(N)=O. The van der Waals surface area contributed by atoms with Crippen LogP contribution >= 0.6 is 0 Å². The van der Waals surface area contributed by atoms with E-state index in [1.54, 1.807) is 19.2 Å². The first-order valence-electron chi connectivity index (χ1n) is 8.79. The molecular weight excluding hydrogens is 374 g/mol. The van der Waals surface area contributed by atoms with Crippen molar-refractivity contribution >= 4 is 40.5 Å². The second-order valence-corrected chi connectivity index (χ2v) is 6.32. The van der Waals surface area contributed by atoms with Gasteiger partial charge in [-0.1, -0.05) is 6.07 Å². The first kappa shape index (κ1) is 20.0. The van der Waals surface area contributed by atoms with Crippen molar-refractivity contribution < 1.29 is 14.3 Å². The zero-order valence-electron chi connectivity index (χ0n) is 16.0. The summed E-state index contributed by atoms with van der Waals surface area (Å²) in [5.74, 6) is 5.48. The molecule has 0 aliphatic carbocycles. The number of hydrogen-bond donors (Lipinski definition) is 3. The number of carbonyl (C=O) groups excluding carboxylic acids is 2. The van der Waals surface area contributed by atoms with Gasteiger partial charge in [-0.15, -0.1) is 0 Å². The van der Waals surface area contributed by atoms with E-state index < -0.39 is 5.91 Å². The van der Waals surface area contributed by atoms with Gasteiger partial charge < -0.3 is 20.6 Å².